The summed E-state index contributed by atoms with van der Waals surface area (Å²) in [6, 6.07) is 2.80. The van der Waals surface area contributed by atoms with Crippen molar-refractivity contribution in [2.24, 2.45) is 28.8 Å². The van der Waals surface area contributed by atoms with E-state index in [4.69, 9.17) is 9.47 Å². The first-order valence-electron chi connectivity index (χ1n) is 9.45. The Bertz CT molecular complexity index is 924. The Morgan fingerprint density at radius 3 is 2.34 bits per heavy atom. The fourth-order valence-electron chi connectivity index (χ4n) is 4.45. The Hall–Kier alpha value is -3.23. The summed E-state index contributed by atoms with van der Waals surface area (Å²) >= 11 is 0. The average molecular weight is 399 g/mol. The molecule has 2 bridgehead atoms. The number of benzene rings is 1. The van der Waals surface area contributed by atoms with E-state index in [0.29, 0.717) is 5.56 Å². The van der Waals surface area contributed by atoms with Gasteiger partial charge in [0.2, 0.25) is 5.75 Å². The van der Waals surface area contributed by atoms with Gasteiger partial charge in [-0.1, -0.05) is 12.2 Å². The second-order valence-corrected chi connectivity index (χ2v) is 7.73. The SMILES string of the molecule is COc1cc(C=NN2C(=O)[C@@H]3[C@H](C2=O)[C@H]2C=C[C@H]3C2)cc([N+](=O)[O-])c1OC(C)C. The highest BCUT2D eigenvalue weighted by Crippen LogP contribution is 2.52. The minimum Gasteiger partial charge on any atom is -0.493 e. The fraction of sp³-hybridized carbons (Fsp3) is 0.450. The lowest BCUT2D eigenvalue weighted by Gasteiger charge is -2.14. The van der Waals surface area contributed by atoms with E-state index in [1.807, 2.05) is 12.2 Å². The van der Waals surface area contributed by atoms with Gasteiger partial charge >= 0.3 is 5.69 Å². The molecule has 0 N–H and O–H groups in total. The summed E-state index contributed by atoms with van der Waals surface area (Å²) in [6.45, 7) is 3.50. The number of hydrogen-bond donors (Lipinski definition) is 0. The maximum absolute atomic E-state index is 12.7. The van der Waals surface area contributed by atoms with Crippen molar-refractivity contribution in [1.29, 1.82) is 0 Å². The summed E-state index contributed by atoms with van der Waals surface area (Å²) in [4.78, 5) is 36.3. The van der Waals surface area contributed by atoms with Crippen molar-refractivity contribution in [3.8, 4) is 11.5 Å². The molecule has 0 radical (unpaired) electrons. The number of nitro benzene ring substituents is 1. The van der Waals surface area contributed by atoms with Gasteiger partial charge in [0.05, 0.1) is 36.2 Å². The van der Waals surface area contributed by atoms with Crippen LogP contribution < -0.4 is 9.47 Å². The maximum Gasteiger partial charge on any atom is 0.315 e. The maximum atomic E-state index is 12.7. The van der Waals surface area contributed by atoms with Crippen LogP contribution in [0.5, 0.6) is 11.5 Å². The van der Waals surface area contributed by atoms with Crippen LogP contribution >= 0.6 is 0 Å². The van der Waals surface area contributed by atoms with E-state index in [1.54, 1.807) is 13.8 Å². The summed E-state index contributed by atoms with van der Waals surface area (Å²) in [5.41, 5.74) is 0.0427. The zero-order valence-corrected chi connectivity index (χ0v) is 16.3. The Kier molecular flexibility index (Phi) is 4.60. The molecule has 1 saturated carbocycles. The first kappa shape index (κ1) is 19.1. The first-order valence-corrected chi connectivity index (χ1v) is 9.45. The van der Waals surface area contributed by atoms with E-state index in [9.17, 15) is 19.7 Å². The van der Waals surface area contributed by atoms with Crippen molar-refractivity contribution >= 4 is 23.7 Å². The molecule has 2 aliphatic carbocycles. The highest BCUT2D eigenvalue weighted by atomic mass is 16.6. The molecule has 4 rings (SSSR count). The Balaban J connectivity index is 1.63. The zero-order chi connectivity index (χ0) is 20.9. The number of hydrogen-bond acceptors (Lipinski definition) is 7. The molecule has 9 nitrogen and oxygen atoms in total. The van der Waals surface area contributed by atoms with Crippen LogP contribution in [0, 0.1) is 33.8 Å². The number of imide groups is 1. The van der Waals surface area contributed by atoms with Crippen LogP contribution in [0.4, 0.5) is 5.69 Å². The summed E-state index contributed by atoms with van der Waals surface area (Å²) in [6.07, 6.45) is 5.83. The van der Waals surface area contributed by atoms with E-state index >= 15 is 0 Å². The van der Waals surface area contributed by atoms with Crippen LogP contribution in [0.25, 0.3) is 0 Å². The first-order chi connectivity index (χ1) is 13.8. The third-order valence-electron chi connectivity index (χ3n) is 5.60. The molecule has 1 aromatic carbocycles. The number of hydrazone groups is 1. The van der Waals surface area contributed by atoms with Crippen molar-refractivity contribution in [1.82, 2.24) is 5.01 Å². The molecule has 2 amide bonds. The molecular weight excluding hydrogens is 378 g/mol. The number of ether oxygens (including phenoxy) is 2. The van der Waals surface area contributed by atoms with Gasteiger partial charge in [0, 0.05) is 11.6 Å². The van der Waals surface area contributed by atoms with Gasteiger partial charge in [-0.25, -0.2) is 0 Å². The molecule has 0 aromatic heterocycles. The minimum atomic E-state index is -0.572. The van der Waals surface area contributed by atoms with Crippen molar-refractivity contribution in [3.63, 3.8) is 0 Å². The smallest absolute Gasteiger partial charge is 0.315 e. The lowest BCUT2D eigenvalue weighted by molar-refractivity contribution is -0.386. The van der Waals surface area contributed by atoms with Gasteiger partial charge in [-0.2, -0.15) is 10.1 Å². The van der Waals surface area contributed by atoms with E-state index in [1.165, 1.54) is 25.5 Å². The molecule has 1 aliphatic heterocycles. The van der Waals surface area contributed by atoms with Crippen molar-refractivity contribution in [2.75, 3.05) is 7.11 Å². The predicted molar refractivity (Wildman–Crippen MR) is 103 cm³/mol. The van der Waals surface area contributed by atoms with Crippen LogP contribution in [0.3, 0.4) is 0 Å². The van der Waals surface area contributed by atoms with Crippen molar-refractivity contribution in [3.05, 3.63) is 40.0 Å². The summed E-state index contributed by atoms with van der Waals surface area (Å²) < 4.78 is 10.8. The molecule has 29 heavy (non-hydrogen) atoms. The topological polar surface area (TPSA) is 111 Å². The monoisotopic (exact) mass is 399 g/mol. The number of carbonyl (C=O) groups excluding carboxylic acids is 2. The lowest BCUT2D eigenvalue weighted by Crippen LogP contribution is -2.28. The van der Waals surface area contributed by atoms with Crippen LogP contribution in [-0.4, -0.2) is 41.2 Å². The van der Waals surface area contributed by atoms with Gasteiger partial charge < -0.3 is 9.47 Å². The Morgan fingerprint density at radius 1 is 1.21 bits per heavy atom. The summed E-state index contributed by atoms with van der Waals surface area (Å²) in [5.74, 6) is -0.933. The number of allylic oxidation sites excluding steroid dienone is 2. The lowest BCUT2D eigenvalue weighted by atomic mass is 9.85. The molecule has 4 atom stereocenters. The molecule has 1 heterocycles. The van der Waals surface area contributed by atoms with Gasteiger partial charge in [-0.15, -0.1) is 0 Å². The van der Waals surface area contributed by atoms with Gasteiger partial charge in [0.15, 0.2) is 5.75 Å². The third kappa shape index (κ3) is 3.06. The molecule has 2 fully saturated rings. The Labute approximate surface area is 167 Å². The number of amides is 2. The number of rotatable bonds is 6. The fourth-order valence-corrected chi connectivity index (χ4v) is 4.45. The molecule has 1 saturated heterocycles. The van der Waals surface area contributed by atoms with Crippen LogP contribution in [-0.2, 0) is 9.59 Å². The normalized spacial score (nSPS) is 27.4. The van der Waals surface area contributed by atoms with Gasteiger partial charge in [-0.3, -0.25) is 19.7 Å². The van der Waals surface area contributed by atoms with Gasteiger partial charge in [-0.05, 0) is 38.2 Å². The summed E-state index contributed by atoms with van der Waals surface area (Å²) in [7, 11) is 1.38. The van der Waals surface area contributed by atoms with Crippen LogP contribution in [0.2, 0.25) is 0 Å². The predicted octanol–water partition coefficient (Wildman–Crippen LogP) is 2.53. The molecule has 0 spiro atoms. The second-order valence-electron chi connectivity index (χ2n) is 7.73. The van der Waals surface area contributed by atoms with Crippen molar-refractivity contribution < 1.29 is 24.0 Å². The summed E-state index contributed by atoms with van der Waals surface area (Å²) in [5, 5.41) is 16.5. The van der Waals surface area contributed by atoms with Gasteiger partial charge in [0.1, 0.15) is 0 Å². The number of nitro groups is 1. The minimum absolute atomic E-state index is 0.0233. The standard InChI is InChI=1S/C20H21N3O6/c1-10(2)29-18-14(23(26)27)6-11(7-15(18)28-3)9-21-22-19(24)16-12-4-5-13(8-12)17(16)20(22)25/h4-7,9-10,12-13,16-17H,8H2,1-3H3/t12-,13-,16-,17+/m0/s1. The number of fused-ring (bicyclic) bond motifs is 5. The van der Waals surface area contributed by atoms with E-state index < -0.39 is 4.92 Å². The molecule has 9 heteroatoms. The second kappa shape index (κ2) is 6.98. The van der Waals surface area contributed by atoms with Crippen LogP contribution in [0.1, 0.15) is 25.8 Å². The number of carbonyl (C=O) groups is 2. The van der Waals surface area contributed by atoms with E-state index in [-0.39, 0.29) is 58.8 Å². The van der Waals surface area contributed by atoms with Crippen molar-refractivity contribution in [2.45, 2.75) is 26.4 Å². The number of nitrogens with zero attached hydrogens (tertiary/aromatic N) is 3. The highest BCUT2D eigenvalue weighted by molar-refractivity contribution is 6.06. The third-order valence-corrected chi connectivity index (χ3v) is 5.60. The quantitative estimate of drug-likeness (QED) is 0.239. The molecular formula is C20H21N3O6. The van der Waals surface area contributed by atoms with E-state index in [0.717, 1.165) is 11.4 Å². The number of methoxy groups -OCH3 is 1. The molecule has 1 aromatic rings. The zero-order valence-electron chi connectivity index (χ0n) is 16.3. The average Bonchev–Trinajstić information content (AvgIpc) is 3.34. The highest BCUT2D eigenvalue weighted by Gasteiger charge is 2.59. The van der Waals surface area contributed by atoms with Crippen LogP contribution in [0.15, 0.2) is 29.4 Å². The molecule has 3 aliphatic rings. The molecule has 152 valence electrons. The largest absolute Gasteiger partial charge is 0.493 e. The van der Waals surface area contributed by atoms with Gasteiger partial charge in [0.25, 0.3) is 11.8 Å². The van der Waals surface area contributed by atoms with E-state index in [2.05, 4.69) is 5.10 Å². The Morgan fingerprint density at radius 2 is 1.83 bits per heavy atom. The molecule has 0 unspecified atom stereocenters.